The van der Waals surface area contributed by atoms with E-state index in [1.165, 1.54) is 10.9 Å². The maximum Gasteiger partial charge on any atom is 0.261 e. The number of nitrogens with one attached hydrogen (secondary N) is 1. The summed E-state index contributed by atoms with van der Waals surface area (Å²) in [4.78, 5) is 3.77. The van der Waals surface area contributed by atoms with Gasteiger partial charge < -0.3 is 9.30 Å². The number of ether oxygens (including phenoxy) is 1. The van der Waals surface area contributed by atoms with Crippen LogP contribution in [0.5, 0.6) is 0 Å². The summed E-state index contributed by atoms with van der Waals surface area (Å²) in [5.74, 6) is 0. The fraction of sp³-hybridized carbons (Fsp3) is 0.667. The van der Waals surface area contributed by atoms with Gasteiger partial charge in [-0.2, -0.15) is 0 Å². The number of sulfonamides is 1. The van der Waals surface area contributed by atoms with Gasteiger partial charge in [-0.1, -0.05) is 11.6 Å². The summed E-state index contributed by atoms with van der Waals surface area (Å²) in [5, 5.41) is -0.0375. The van der Waals surface area contributed by atoms with E-state index in [1.807, 2.05) is 0 Å². The number of aromatic nitrogens is 2. The van der Waals surface area contributed by atoms with Crippen LogP contribution in [0.1, 0.15) is 12.8 Å². The minimum absolute atomic E-state index is 0.0488. The molecule has 2 rings (SSSR count). The largest absolute Gasteiger partial charge is 0.377 e. The molecule has 0 saturated carbocycles. The molecule has 8 heteroatoms. The second-order valence-corrected chi connectivity index (χ2v) is 5.98. The molecule has 1 saturated heterocycles. The first-order valence-corrected chi connectivity index (χ1v) is 7.15. The minimum atomic E-state index is -3.65. The van der Waals surface area contributed by atoms with Crippen molar-refractivity contribution in [3.05, 3.63) is 11.5 Å². The fourth-order valence-corrected chi connectivity index (χ4v) is 3.14. The molecule has 6 nitrogen and oxygen atoms in total. The first-order valence-electron chi connectivity index (χ1n) is 5.29. The van der Waals surface area contributed by atoms with Gasteiger partial charge in [0.1, 0.15) is 5.15 Å². The molecule has 0 bridgehead atoms. The lowest BCUT2D eigenvalue weighted by Crippen LogP contribution is -2.32. The van der Waals surface area contributed by atoms with Crippen LogP contribution in [0.25, 0.3) is 0 Å². The molecular weight excluding hydrogens is 266 g/mol. The molecular formula is C9H14ClN3O3S. The van der Waals surface area contributed by atoms with Crippen LogP contribution in [0.4, 0.5) is 0 Å². The van der Waals surface area contributed by atoms with E-state index in [9.17, 15) is 8.42 Å². The third kappa shape index (κ3) is 2.79. The predicted octanol–water partition coefficient (Wildman–Crippen LogP) is 0.531. The van der Waals surface area contributed by atoms with E-state index in [0.29, 0.717) is 6.61 Å². The Labute approximate surface area is 105 Å². The molecule has 2 heterocycles. The molecule has 1 N–H and O–H groups in total. The first kappa shape index (κ1) is 12.8. The van der Waals surface area contributed by atoms with Gasteiger partial charge in [0.25, 0.3) is 10.0 Å². The zero-order valence-corrected chi connectivity index (χ0v) is 11.0. The average Bonchev–Trinajstić information content (AvgIpc) is 2.88. The molecule has 1 atom stereocenters. The number of nitrogens with zero attached hydrogens (tertiary/aromatic N) is 2. The van der Waals surface area contributed by atoms with E-state index in [4.69, 9.17) is 16.3 Å². The van der Waals surface area contributed by atoms with Gasteiger partial charge in [-0.15, -0.1) is 0 Å². The van der Waals surface area contributed by atoms with Crippen molar-refractivity contribution in [1.29, 1.82) is 0 Å². The minimum Gasteiger partial charge on any atom is -0.377 e. The van der Waals surface area contributed by atoms with E-state index in [-0.39, 0.29) is 22.8 Å². The number of aryl methyl sites for hydroxylation is 1. The van der Waals surface area contributed by atoms with E-state index in [0.717, 1.165) is 12.8 Å². The molecule has 0 amide bonds. The van der Waals surface area contributed by atoms with Crippen molar-refractivity contribution in [2.24, 2.45) is 7.05 Å². The van der Waals surface area contributed by atoms with Crippen molar-refractivity contribution in [3.63, 3.8) is 0 Å². The molecule has 1 aliphatic rings. The Hall–Kier alpha value is -0.630. The van der Waals surface area contributed by atoms with Crippen LogP contribution in [0.2, 0.25) is 5.15 Å². The maximum atomic E-state index is 11.9. The normalized spacial score (nSPS) is 20.9. The lowest BCUT2D eigenvalue weighted by molar-refractivity contribution is 0.114. The monoisotopic (exact) mass is 279 g/mol. The van der Waals surface area contributed by atoms with Crippen LogP contribution in [-0.4, -0.2) is 37.2 Å². The molecule has 96 valence electrons. The quantitative estimate of drug-likeness (QED) is 0.873. The summed E-state index contributed by atoms with van der Waals surface area (Å²) in [7, 11) is -2.02. The molecule has 0 spiro atoms. The van der Waals surface area contributed by atoms with Gasteiger partial charge in [0.05, 0.1) is 12.4 Å². The summed E-state index contributed by atoms with van der Waals surface area (Å²) in [6, 6.07) is 0. The van der Waals surface area contributed by atoms with Crippen LogP contribution in [0.3, 0.4) is 0 Å². The number of rotatable bonds is 4. The Kier molecular flexibility index (Phi) is 3.72. The van der Waals surface area contributed by atoms with E-state index in [2.05, 4.69) is 9.71 Å². The SMILES string of the molecule is Cn1cnc(S(=O)(=O)NC[C@H]2CCCO2)c1Cl. The average molecular weight is 280 g/mol. The van der Waals surface area contributed by atoms with E-state index < -0.39 is 10.0 Å². The van der Waals surface area contributed by atoms with Gasteiger partial charge in [0.2, 0.25) is 5.03 Å². The Balaban J connectivity index is 2.05. The molecule has 0 unspecified atom stereocenters. The third-order valence-electron chi connectivity index (χ3n) is 2.61. The van der Waals surface area contributed by atoms with E-state index in [1.54, 1.807) is 7.05 Å². The molecule has 0 aliphatic carbocycles. The molecule has 0 radical (unpaired) electrons. The molecule has 1 fully saturated rings. The number of halogens is 1. The highest BCUT2D eigenvalue weighted by atomic mass is 35.5. The van der Waals surface area contributed by atoms with Crippen molar-refractivity contribution in [1.82, 2.24) is 14.3 Å². The lowest BCUT2D eigenvalue weighted by atomic mass is 10.2. The van der Waals surface area contributed by atoms with Gasteiger partial charge in [0.15, 0.2) is 0 Å². The predicted molar refractivity (Wildman–Crippen MR) is 62.4 cm³/mol. The highest BCUT2D eigenvalue weighted by molar-refractivity contribution is 7.89. The smallest absolute Gasteiger partial charge is 0.261 e. The van der Waals surface area contributed by atoms with E-state index >= 15 is 0 Å². The van der Waals surface area contributed by atoms with Gasteiger partial charge >= 0.3 is 0 Å². The van der Waals surface area contributed by atoms with Crippen LogP contribution in [0, 0.1) is 0 Å². The van der Waals surface area contributed by atoms with Crippen molar-refractivity contribution < 1.29 is 13.2 Å². The van der Waals surface area contributed by atoms with Crippen molar-refractivity contribution in [2.75, 3.05) is 13.2 Å². The first-order chi connectivity index (χ1) is 8.00. The zero-order chi connectivity index (χ0) is 12.5. The number of hydrogen-bond acceptors (Lipinski definition) is 4. The summed E-state index contributed by atoms with van der Waals surface area (Å²) in [5.41, 5.74) is 0. The Morgan fingerprint density at radius 3 is 3.00 bits per heavy atom. The summed E-state index contributed by atoms with van der Waals surface area (Å²) >= 11 is 5.84. The highest BCUT2D eigenvalue weighted by Crippen LogP contribution is 2.19. The lowest BCUT2D eigenvalue weighted by Gasteiger charge is -2.10. The molecule has 0 aromatic carbocycles. The third-order valence-corrected chi connectivity index (χ3v) is 4.53. The van der Waals surface area contributed by atoms with Crippen molar-refractivity contribution in [2.45, 2.75) is 24.0 Å². The Morgan fingerprint density at radius 1 is 1.71 bits per heavy atom. The van der Waals surface area contributed by atoms with Gasteiger partial charge in [0, 0.05) is 20.2 Å². The topological polar surface area (TPSA) is 73.2 Å². The summed E-state index contributed by atoms with van der Waals surface area (Å²) in [6.07, 6.45) is 3.16. The van der Waals surface area contributed by atoms with Crippen LogP contribution in [0.15, 0.2) is 11.4 Å². The maximum absolute atomic E-state index is 11.9. The van der Waals surface area contributed by atoms with Gasteiger partial charge in [-0.3, -0.25) is 0 Å². The van der Waals surface area contributed by atoms with Crippen LogP contribution in [-0.2, 0) is 21.8 Å². The number of hydrogen-bond donors (Lipinski definition) is 1. The summed E-state index contributed by atoms with van der Waals surface area (Å²) in [6.45, 7) is 0.950. The second kappa shape index (κ2) is 4.93. The Morgan fingerprint density at radius 2 is 2.47 bits per heavy atom. The summed E-state index contributed by atoms with van der Waals surface area (Å²) < 4.78 is 33.0. The molecule has 1 aromatic rings. The standard InChI is InChI=1S/C9H14ClN3O3S/c1-13-6-11-9(8(13)10)17(14,15)12-5-7-3-2-4-16-7/h6-7,12H,2-5H2,1H3/t7-/m1/s1. The molecule has 1 aromatic heterocycles. The molecule has 17 heavy (non-hydrogen) atoms. The van der Waals surface area contributed by atoms with Gasteiger partial charge in [-0.05, 0) is 12.8 Å². The van der Waals surface area contributed by atoms with Gasteiger partial charge in [-0.25, -0.2) is 18.1 Å². The fourth-order valence-electron chi connectivity index (χ4n) is 1.65. The van der Waals surface area contributed by atoms with Crippen LogP contribution >= 0.6 is 11.6 Å². The van der Waals surface area contributed by atoms with Crippen molar-refractivity contribution >= 4 is 21.6 Å². The van der Waals surface area contributed by atoms with Crippen molar-refractivity contribution in [3.8, 4) is 0 Å². The Bertz CT molecular complexity index is 494. The zero-order valence-electron chi connectivity index (χ0n) is 9.39. The number of imidazole rings is 1. The van der Waals surface area contributed by atoms with Crippen LogP contribution < -0.4 is 4.72 Å². The highest BCUT2D eigenvalue weighted by Gasteiger charge is 2.24. The second-order valence-electron chi connectivity index (χ2n) is 3.94. The molecule has 1 aliphatic heterocycles.